The molecule has 0 atom stereocenters. The summed E-state index contributed by atoms with van der Waals surface area (Å²) in [6, 6.07) is 8.89. The zero-order valence-corrected chi connectivity index (χ0v) is 19.3. The molecular formula is C21H20BrNO6S. The second kappa shape index (κ2) is 9.82. The Hall–Kier alpha value is -2.78. The lowest BCUT2D eigenvalue weighted by atomic mass is 10.1. The van der Waals surface area contributed by atoms with Crippen molar-refractivity contribution in [3.05, 3.63) is 51.4 Å². The molecule has 30 heavy (non-hydrogen) atoms. The summed E-state index contributed by atoms with van der Waals surface area (Å²) in [6.45, 7) is 0.0170. The van der Waals surface area contributed by atoms with Crippen LogP contribution in [0.4, 0.5) is 0 Å². The highest BCUT2D eigenvalue weighted by Crippen LogP contribution is 2.40. The van der Waals surface area contributed by atoms with E-state index in [1.165, 1.54) is 32.7 Å². The van der Waals surface area contributed by atoms with Gasteiger partial charge in [0.25, 0.3) is 0 Å². The highest BCUT2D eigenvalue weighted by Gasteiger charge is 2.22. The Labute approximate surface area is 186 Å². The van der Waals surface area contributed by atoms with Crippen LogP contribution in [0, 0.1) is 0 Å². The second-order valence-electron chi connectivity index (χ2n) is 5.95. The molecule has 0 aliphatic heterocycles. The molecule has 7 nitrogen and oxygen atoms in total. The maximum Gasteiger partial charge on any atom is 0.342 e. The van der Waals surface area contributed by atoms with Gasteiger partial charge >= 0.3 is 5.97 Å². The van der Waals surface area contributed by atoms with Gasteiger partial charge in [0, 0.05) is 9.85 Å². The van der Waals surface area contributed by atoms with Crippen molar-refractivity contribution >= 4 is 33.2 Å². The normalized spacial score (nSPS) is 10.4. The molecule has 1 aromatic heterocycles. The van der Waals surface area contributed by atoms with Gasteiger partial charge in [0.05, 0.1) is 39.7 Å². The number of hydrogen-bond donors (Lipinski definition) is 0. The summed E-state index contributed by atoms with van der Waals surface area (Å²) < 4.78 is 27.7. The van der Waals surface area contributed by atoms with Gasteiger partial charge in [-0.3, -0.25) is 0 Å². The van der Waals surface area contributed by atoms with Crippen LogP contribution in [0.3, 0.4) is 0 Å². The Kier molecular flexibility index (Phi) is 7.17. The summed E-state index contributed by atoms with van der Waals surface area (Å²) in [7, 11) is 6.05. The van der Waals surface area contributed by atoms with Crippen LogP contribution in [-0.4, -0.2) is 39.4 Å². The van der Waals surface area contributed by atoms with E-state index in [0.717, 1.165) is 15.0 Å². The molecule has 0 radical (unpaired) electrons. The minimum atomic E-state index is -0.553. The molecule has 0 unspecified atom stereocenters. The number of thiazole rings is 1. The molecule has 9 heteroatoms. The van der Waals surface area contributed by atoms with Crippen LogP contribution < -0.4 is 18.9 Å². The number of benzene rings is 2. The van der Waals surface area contributed by atoms with E-state index in [2.05, 4.69) is 20.9 Å². The minimum Gasteiger partial charge on any atom is -0.496 e. The van der Waals surface area contributed by atoms with Crippen LogP contribution in [0.25, 0.3) is 10.6 Å². The Balaban J connectivity index is 1.78. The molecule has 2 aromatic carbocycles. The number of aromatic nitrogens is 1. The summed E-state index contributed by atoms with van der Waals surface area (Å²) in [6.07, 6.45) is 0. The number of ether oxygens (including phenoxy) is 5. The fourth-order valence-corrected chi connectivity index (χ4v) is 4.01. The molecule has 0 spiro atoms. The van der Waals surface area contributed by atoms with Crippen molar-refractivity contribution in [1.82, 2.24) is 4.98 Å². The molecule has 0 N–H and O–H groups in total. The van der Waals surface area contributed by atoms with E-state index in [9.17, 15) is 4.79 Å². The highest BCUT2D eigenvalue weighted by molar-refractivity contribution is 9.10. The second-order valence-corrected chi connectivity index (χ2v) is 7.72. The number of carbonyl (C=O) groups excluding carboxylic acids is 1. The van der Waals surface area contributed by atoms with Crippen LogP contribution in [0.2, 0.25) is 0 Å². The monoisotopic (exact) mass is 493 g/mol. The topological polar surface area (TPSA) is 76.1 Å². The first-order valence-electron chi connectivity index (χ1n) is 8.76. The summed E-state index contributed by atoms with van der Waals surface area (Å²) in [5.74, 6) is 1.19. The van der Waals surface area contributed by atoms with E-state index in [-0.39, 0.29) is 17.9 Å². The molecule has 3 rings (SSSR count). The zero-order valence-electron chi connectivity index (χ0n) is 16.9. The van der Waals surface area contributed by atoms with E-state index in [0.29, 0.717) is 22.9 Å². The minimum absolute atomic E-state index is 0.0170. The van der Waals surface area contributed by atoms with Gasteiger partial charge in [0.15, 0.2) is 11.5 Å². The van der Waals surface area contributed by atoms with Crippen LogP contribution in [0.1, 0.15) is 16.1 Å². The standard InChI is InChI=1S/C21H20BrNO6S/c1-25-16-7-5-12(22)9-15(16)20-23-13(11-30-20)10-29-21(24)14-6-8-17(26-2)19(28-4)18(14)27-3/h5-9,11H,10H2,1-4H3. The zero-order chi connectivity index (χ0) is 21.7. The maximum atomic E-state index is 12.6. The third-order valence-electron chi connectivity index (χ3n) is 4.22. The van der Waals surface area contributed by atoms with Gasteiger partial charge in [-0.2, -0.15) is 0 Å². The lowest BCUT2D eigenvalue weighted by Gasteiger charge is -2.14. The van der Waals surface area contributed by atoms with Crippen molar-refractivity contribution in [3.63, 3.8) is 0 Å². The smallest absolute Gasteiger partial charge is 0.342 e. The summed E-state index contributed by atoms with van der Waals surface area (Å²) in [4.78, 5) is 17.2. The molecule has 1 heterocycles. The average Bonchev–Trinajstić information content (AvgIpc) is 3.25. The van der Waals surface area contributed by atoms with Crippen molar-refractivity contribution in [2.24, 2.45) is 0 Å². The first kappa shape index (κ1) is 21.9. The van der Waals surface area contributed by atoms with Crippen LogP contribution in [0.5, 0.6) is 23.0 Å². The van der Waals surface area contributed by atoms with E-state index >= 15 is 0 Å². The largest absolute Gasteiger partial charge is 0.496 e. The fourth-order valence-electron chi connectivity index (χ4n) is 2.82. The van der Waals surface area contributed by atoms with Gasteiger partial charge in [-0.25, -0.2) is 9.78 Å². The van der Waals surface area contributed by atoms with Gasteiger partial charge in [-0.1, -0.05) is 15.9 Å². The molecule has 0 aliphatic carbocycles. The van der Waals surface area contributed by atoms with E-state index in [4.69, 9.17) is 23.7 Å². The Morgan fingerprint density at radius 2 is 1.67 bits per heavy atom. The predicted molar refractivity (Wildman–Crippen MR) is 117 cm³/mol. The molecule has 0 amide bonds. The quantitative estimate of drug-likeness (QED) is 0.410. The van der Waals surface area contributed by atoms with Gasteiger partial charge in [0.1, 0.15) is 22.9 Å². The maximum absolute atomic E-state index is 12.6. The molecule has 0 saturated carbocycles. The number of carbonyl (C=O) groups is 1. The lowest BCUT2D eigenvalue weighted by molar-refractivity contribution is 0.0464. The first-order chi connectivity index (χ1) is 14.5. The molecular weight excluding hydrogens is 474 g/mol. The van der Waals surface area contributed by atoms with E-state index in [1.54, 1.807) is 19.2 Å². The molecule has 0 saturated heterocycles. The molecule has 3 aromatic rings. The average molecular weight is 494 g/mol. The molecule has 0 fully saturated rings. The summed E-state index contributed by atoms with van der Waals surface area (Å²) in [5.41, 5.74) is 1.72. The number of nitrogens with zero attached hydrogens (tertiary/aromatic N) is 1. The lowest BCUT2D eigenvalue weighted by Crippen LogP contribution is -2.09. The third kappa shape index (κ3) is 4.52. The number of halogens is 1. The molecule has 0 bridgehead atoms. The Bertz CT molecular complexity index is 1050. The summed E-state index contributed by atoms with van der Waals surface area (Å²) in [5, 5.41) is 2.61. The van der Waals surface area contributed by atoms with Crippen molar-refractivity contribution < 1.29 is 28.5 Å². The van der Waals surface area contributed by atoms with Gasteiger partial charge in [-0.05, 0) is 30.3 Å². The van der Waals surface area contributed by atoms with Crippen molar-refractivity contribution in [3.8, 4) is 33.6 Å². The van der Waals surface area contributed by atoms with Crippen LogP contribution >= 0.6 is 27.3 Å². The number of esters is 1. The summed E-state index contributed by atoms with van der Waals surface area (Å²) >= 11 is 4.90. The van der Waals surface area contributed by atoms with Crippen molar-refractivity contribution in [1.29, 1.82) is 0 Å². The van der Waals surface area contributed by atoms with Crippen molar-refractivity contribution in [2.45, 2.75) is 6.61 Å². The van der Waals surface area contributed by atoms with Crippen molar-refractivity contribution in [2.75, 3.05) is 28.4 Å². The van der Waals surface area contributed by atoms with Crippen LogP contribution in [-0.2, 0) is 11.3 Å². The first-order valence-corrected chi connectivity index (χ1v) is 10.4. The van der Waals surface area contributed by atoms with Gasteiger partial charge in [-0.15, -0.1) is 11.3 Å². The van der Waals surface area contributed by atoms with Gasteiger partial charge < -0.3 is 23.7 Å². The number of hydrogen-bond acceptors (Lipinski definition) is 8. The van der Waals surface area contributed by atoms with E-state index in [1.807, 2.05) is 23.6 Å². The Morgan fingerprint density at radius 1 is 0.967 bits per heavy atom. The predicted octanol–water partition coefficient (Wildman–Crippen LogP) is 4.96. The third-order valence-corrected chi connectivity index (χ3v) is 5.64. The van der Waals surface area contributed by atoms with Crippen LogP contribution in [0.15, 0.2) is 40.2 Å². The van der Waals surface area contributed by atoms with Gasteiger partial charge in [0.2, 0.25) is 5.75 Å². The number of rotatable bonds is 8. The SMILES string of the molecule is COc1ccc(Br)cc1-c1nc(COC(=O)c2ccc(OC)c(OC)c2OC)cs1. The fraction of sp³-hybridized carbons (Fsp3) is 0.238. The Morgan fingerprint density at radius 3 is 2.33 bits per heavy atom. The highest BCUT2D eigenvalue weighted by atomic mass is 79.9. The molecule has 0 aliphatic rings. The number of methoxy groups -OCH3 is 4. The van der Waals surface area contributed by atoms with E-state index < -0.39 is 5.97 Å². The molecule has 158 valence electrons.